The van der Waals surface area contributed by atoms with Gasteiger partial charge in [0.15, 0.2) is 0 Å². The summed E-state index contributed by atoms with van der Waals surface area (Å²) in [5, 5.41) is 2.70. The van der Waals surface area contributed by atoms with Crippen molar-refractivity contribution in [1.82, 2.24) is 15.0 Å². The zero-order valence-corrected chi connectivity index (χ0v) is 13.4. The molecule has 1 aromatic carbocycles. The van der Waals surface area contributed by atoms with E-state index in [0.29, 0.717) is 17.0 Å². The number of para-hydroxylation sites is 1. The van der Waals surface area contributed by atoms with Crippen LogP contribution in [0.2, 0.25) is 0 Å². The number of hydrogen-bond donors (Lipinski definition) is 1. The van der Waals surface area contributed by atoms with Crippen LogP contribution >= 0.6 is 15.9 Å². The molecule has 114 valence electrons. The Morgan fingerprint density at radius 2 is 1.78 bits per heavy atom. The molecule has 0 unspecified atom stereocenters. The lowest BCUT2D eigenvalue weighted by Gasteiger charge is -2.06. The Morgan fingerprint density at radius 3 is 2.48 bits per heavy atom. The molecule has 1 amide bonds. The van der Waals surface area contributed by atoms with Gasteiger partial charge in [-0.2, -0.15) is 0 Å². The highest BCUT2D eigenvalue weighted by atomic mass is 79.9. The number of halogens is 1. The van der Waals surface area contributed by atoms with E-state index in [1.165, 1.54) is 18.6 Å². The third kappa shape index (κ3) is 4.10. The summed E-state index contributed by atoms with van der Waals surface area (Å²) in [7, 11) is 0. The van der Waals surface area contributed by atoms with Crippen molar-refractivity contribution in [2.75, 3.05) is 5.32 Å². The summed E-state index contributed by atoms with van der Waals surface area (Å²) in [4.78, 5) is 24.2. The number of carbonyl (C=O) groups excluding carboxylic acids is 1. The zero-order valence-electron chi connectivity index (χ0n) is 11.8. The van der Waals surface area contributed by atoms with E-state index >= 15 is 0 Å². The molecule has 1 N–H and O–H groups in total. The second-order valence-electron chi connectivity index (χ2n) is 4.52. The number of anilines is 1. The molecule has 3 aromatic rings. The van der Waals surface area contributed by atoms with E-state index in [-0.39, 0.29) is 11.9 Å². The Bertz CT molecular complexity index is 810. The minimum Gasteiger partial charge on any atom is -0.424 e. The van der Waals surface area contributed by atoms with Gasteiger partial charge in [0.2, 0.25) is 0 Å². The summed E-state index contributed by atoms with van der Waals surface area (Å²) in [5.74, 6) is 0.351. The molecular weight excluding hydrogens is 360 g/mol. The molecule has 0 bridgehead atoms. The Hall–Kier alpha value is -2.80. The van der Waals surface area contributed by atoms with E-state index in [4.69, 9.17) is 4.74 Å². The van der Waals surface area contributed by atoms with Crippen LogP contribution in [0.15, 0.2) is 65.7 Å². The summed E-state index contributed by atoms with van der Waals surface area (Å²) >= 11 is 3.27. The van der Waals surface area contributed by atoms with Crippen molar-refractivity contribution < 1.29 is 9.53 Å². The summed E-state index contributed by atoms with van der Waals surface area (Å²) in [6, 6.07) is 11.1. The molecule has 2 heterocycles. The molecule has 0 saturated carbocycles. The maximum absolute atomic E-state index is 12.1. The molecule has 0 fully saturated rings. The Morgan fingerprint density at radius 1 is 1.04 bits per heavy atom. The average molecular weight is 371 g/mol. The monoisotopic (exact) mass is 370 g/mol. The Labute approximate surface area is 140 Å². The number of carbonyl (C=O) groups is 1. The predicted octanol–water partition coefficient (Wildman–Crippen LogP) is 3.68. The van der Waals surface area contributed by atoms with E-state index < -0.39 is 0 Å². The lowest BCUT2D eigenvalue weighted by Crippen LogP contribution is -2.12. The standard InChI is InChI=1S/C16H11BrN4O2/c17-12-6-11(7-18-8-12)15(22)21-13-9-19-16(20-10-13)23-14-4-2-1-3-5-14/h1-10H,(H,21,22). The van der Waals surface area contributed by atoms with E-state index in [0.717, 1.165) is 4.47 Å². The second-order valence-corrected chi connectivity index (χ2v) is 5.43. The van der Waals surface area contributed by atoms with Gasteiger partial charge in [0.1, 0.15) is 5.75 Å². The lowest BCUT2D eigenvalue weighted by atomic mass is 10.2. The molecular formula is C16H11BrN4O2. The third-order valence-electron chi connectivity index (χ3n) is 2.81. The van der Waals surface area contributed by atoms with Gasteiger partial charge in [0.25, 0.3) is 5.91 Å². The molecule has 23 heavy (non-hydrogen) atoms. The van der Waals surface area contributed by atoms with E-state index in [9.17, 15) is 4.79 Å². The molecule has 0 radical (unpaired) electrons. The fourth-order valence-electron chi connectivity index (χ4n) is 1.77. The number of pyridine rings is 1. The van der Waals surface area contributed by atoms with Gasteiger partial charge >= 0.3 is 6.01 Å². The van der Waals surface area contributed by atoms with Gasteiger partial charge in [-0.05, 0) is 34.1 Å². The first-order chi connectivity index (χ1) is 11.2. The largest absolute Gasteiger partial charge is 0.424 e. The van der Waals surface area contributed by atoms with Crippen LogP contribution in [0.3, 0.4) is 0 Å². The van der Waals surface area contributed by atoms with Gasteiger partial charge in [-0.25, -0.2) is 9.97 Å². The highest BCUT2D eigenvalue weighted by Gasteiger charge is 2.08. The number of hydrogen-bond acceptors (Lipinski definition) is 5. The van der Waals surface area contributed by atoms with E-state index in [2.05, 4.69) is 36.2 Å². The number of ether oxygens (including phenoxy) is 1. The zero-order chi connectivity index (χ0) is 16.1. The number of rotatable bonds is 4. The van der Waals surface area contributed by atoms with E-state index in [1.807, 2.05) is 18.2 Å². The number of aromatic nitrogens is 3. The van der Waals surface area contributed by atoms with Crippen LogP contribution in [0.4, 0.5) is 5.69 Å². The first-order valence-corrected chi connectivity index (χ1v) is 7.47. The molecule has 3 rings (SSSR count). The van der Waals surface area contributed by atoms with Crippen molar-refractivity contribution in [3.63, 3.8) is 0 Å². The van der Waals surface area contributed by atoms with Crippen LogP contribution in [-0.4, -0.2) is 20.9 Å². The van der Waals surface area contributed by atoms with Crippen LogP contribution in [0.25, 0.3) is 0 Å². The Balaban J connectivity index is 1.67. The van der Waals surface area contributed by atoms with Gasteiger partial charge in [-0.1, -0.05) is 18.2 Å². The minimum atomic E-state index is -0.292. The smallest absolute Gasteiger partial charge is 0.322 e. The van der Waals surface area contributed by atoms with Crippen molar-refractivity contribution in [1.29, 1.82) is 0 Å². The Kier molecular flexibility index (Phi) is 4.58. The molecule has 0 aliphatic carbocycles. The number of amides is 1. The van der Waals surface area contributed by atoms with Gasteiger partial charge in [-0.3, -0.25) is 9.78 Å². The maximum Gasteiger partial charge on any atom is 0.322 e. The first kappa shape index (κ1) is 15.1. The normalized spacial score (nSPS) is 10.1. The number of benzene rings is 1. The quantitative estimate of drug-likeness (QED) is 0.757. The molecule has 0 saturated heterocycles. The molecule has 7 heteroatoms. The van der Waals surface area contributed by atoms with Crippen molar-refractivity contribution in [2.45, 2.75) is 0 Å². The van der Waals surface area contributed by atoms with Crippen LogP contribution in [0.1, 0.15) is 10.4 Å². The second kappa shape index (κ2) is 6.97. The molecule has 0 atom stereocenters. The first-order valence-electron chi connectivity index (χ1n) is 6.67. The summed E-state index contributed by atoms with van der Waals surface area (Å²) in [5.41, 5.74) is 0.902. The molecule has 0 spiro atoms. The predicted molar refractivity (Wildman–Crippen MR) is 88.4 cm³/mol. The molecule has 0 aliphatic heterocycles. The van der Waals surface area contributed by atoms with Crippen molar-refractivity contribution in [2.24, 2.45) is 0 Å². The third-order valence-corrected chi connectivity index (χ3v) is 3.24. The van der Waals surface area contributed by atoms with Crippen LogP contribution in [0.5, 0.6) is 11.8 Å². The molecule has 0 aliphatic rings. The summed E-state index contributed by atoms with van der Waals surface area (Å²) < 4.78 is 6.22. The fourth-order valence-corrected chi connectivity index (χ4v) is 2.13. The fraction of sp³-hybridized carbons (Fsp3) is 0. The van der Waals surface area contributed by atoms with Crippen molar-refractivity contribution in [3.05, 3.63) is 71.2 Å². The number of nitrogens with one attached hydrogen (secondary N) is 1. The van der Waals surface area contributed by atoms with E-state index in [1.54, 1.807) is 24.4 Å². The molecule has 6 nitrogen and oxygen atoms in total. The lowest BCUT2D eigenvalue weighted by molar-refractivity contribution is 0.102. The van der Waals surface area contributed by atoms with Crippen LogP contribution < -0.4 is 10.1 Å². The SMILES string of the molecule is O=C(Nc1cnc(Oc2ccccc2)nc1)c1cncc(Br)c1. The van der Waals surface area contributed by atoms with Crippen LogP contribution in [0, 0.1) is 0 Å². The van der Waals surface area contributed by atoms with Gasteiger partial charge in [0.05, 0.1) is 23.6 Å². The topological polar surface area (TPSA) is 77.0 Å². The minimum absolute atomic E-state index is 0.207. The van der Waals surface area contributed by atoms with Crippen LogP contribution in [-0.2, 0) is 0 Å². The van der Waals surface area contributed by atoms with Crippen molar-refractivity contribution in [3.8, 4) is 11.8 Å². The van der Waals surface area contributed by atoms with Crippen molar-refractivity contribution >= 4 is 27.5 Å². The van der Waals surface area contributed by atoms with Gasteiger partial charge < -0.3 is 10.1 Å². The molecule has 2 aromatic heterocycles. The summed E-state index contributed by atoms with van der Waals surface area (Å²) in [6.07, 6.45) is 6.05. The maximum atomic E-state index is 12.1. The van der Waals surface area contributed by atoms with Gasteiger partial charge in [0, 0.05) is 16.9 Å². The average Bonchev–Trinajstić information content (AvgIpc) is 2.57. The number of nitrogens with zero attached hydrogens (tertiary/aromatic N) is 3. The summed E-state index contributed by atoms with van der Waals surface area (Å²) in [6.45, 7) is 0. The highest BCUT2D eigenvalue weighted by Crippen LogP contribution is 2.17. The highest BCUT2D eigenvalue weighted by molar-refractivity contribution is 9.10. The van der Waals surface area contributed by atoms with Gasteiger partial charge in [-0.15, -0.1) is 0 Å².